The van der Waals surface area contributed by atoms with Crippen LogP contribution in [0.2, 0.25) is 0 Å². The fourth-order valence-electron chi connectivity index (χ4n) is 2.98. The van der Waals surface area contributed by atoms with Gasteiger partial charge in [0.05, 0.1) is 17.1 Å². The van der Waals surface area contributed by atoms with Gasteiger partial charge in [-0.05, 0) is 19.1 Å². The molecule has 1 aliphatic rings. The van der Waals surface area contributed by atoms with Crippen molar-refractivity contribution in [1.29, 1.82) is 0 Å². The first-order valence-electron chi connectivity index (χ1n) is 8.95. The van der Waals surface area contributed by atoms with Gasteiger partial charge in [-0.3, -0.25) is 9.59 Å². The van der Waals surface area contributed by atoms with Crippen LogP contribution in [0, 0.1) is 6.92 Å². The monoisotopic (exact) mass is 409 g/mol. The van der Waals surface area contributed by atoms with Crippen molar-refractivity contribution in [2.75, 3.05) is 22.5 Å². The molecule has 1 aliphatic heterocycles. The molecule has 2 heterocycles. The van der Waals surface area contributed by atoms with Crippen molar-refractivity contribution < 1.29 is 9.59 Å². The second-order valence-electron chi connectivity index (χ2n) is 6.50. The third kappa shape index (κ3) is 4.10. The van der Waals surface area contributed by atoms with E-state index in [0.717, 1.165) is 21.8 Å². The van der Waals surface area contributed by atoms with Crippen LogP contribution < -0.4 is 10.2 Å². The van der Waals surface area contributed by atoms with Gasteiger partial charge in [-0.25, -0.2) is 4.98 Å². The van der Waals surface area contributed by atoms with Gasteiger partial charge in [-0.1, -0.05) is 42.0 Å². The molecule has 7 heteroatoms. The number of nitrogens with one attached hydrogen (secondary N) is 1. The topological polar surface area (TPSA) is 62.3 Å². The number of aromatic nitrogens is 1. The zero-order valence-corrected chi connectivity index (χ0v) is 17.0. The first-order chi connectivity index (χ1) is 13.6. The van der Waals surface area contributed by atoms with Crippen molar-refractivity contribution in [3.8, 4) is 11.3 Å². The summed E-state index contributed by atoms with van der Waals surface area (Å²) in [4.78, 5) is 31.9. The highest BCUT2D eigenvalue weighted by Gasteiger charge is 2.24. The smallest absolute Gasteiger partial charge is 0.237 e. The van der Waals surface area contributed by atoms with E-state index in [1.165, 1.54) is 28.7 Å². The van der Waals surface area contributed by atoms with E-state index in [0.29, 0.717) is 17.4 Å². The van der Waals surface area contributed by atoms with E-state index in [-0.39, 0.29) is 18.2 Å². The fourth-order valence-corrected chi connectivity index (χ4v) is 4.65. The molecule has 0 saturated carbocycles. The zero-order valence-electron chi connectivity index (χ0n) is 15.3. The lowest BCUT2D eigenvalue weighted by Crippen LogP contribution is -2.37. The quantitative estimate of drug-likeness (QED) is 0.670. The third-order valence-corrected chi connectivity index (χ3v) is 6.27. The molecule has 3 aromatic rings. The SMILES string of the molecule is Cc1ccc(-c2csc(NC(=O)CCN3C(=O)CSc4ccccc43)n2)cc1. The van der Waals surface area contributed by atoms with Gasteiger partial charge in [0.25, 0.3) is 0 Å². The van der Waals surface area contributed by atoms with E-state index in [4.69, 9.17) is 0 Å². The summed E-state index contributed by atoms with van der Waals surface area (Å²) in [6, 6.07) is 15.9. The van der Waals surface area contributed by atoms with Crippen LogP contribution in [0.25, 0.3) is 11.3 Å². The van der Waals surface area contributed by atoms with Crippen LogP contribution in [0.1, 0.15) is 12.0 Å². The van der Waals surface area contributed by atoms with E-state index in [1.807, 2.05) is 60.8 Å². The molecule has 5 nitrogen and oxygen atoms in total. The molecule has 0 radical (unpaired) electrons. The van der Waals surface area contributed by atoms with E-state index in [9.17, 15) is 9.59 Å². The summed E-state index contributed by atoms with van der Waals surface area (Å²) in [7, 11) is 0. The number of hydrogen-bond donors (Lipinski definition) is 1. The molecule has 0 atom stereocenters. The molecular weight excluding hydrogens is 390 g/mol. The largest absolute Gasteiger partial charge is 0.310 e. The highest BCUT2D eigenvalue weighted by Crippen LogP contribution is 2.35. The molecule has 0 aliphatic carbocycles. The molecule has 142 valence electrons. The van der Waals surface area contributed by atoms with Crippen LogP contribution in [-0.4, -0.2) is 29.1 Å². The fraction of sp³-hybridized carbons (Fsp3) is 0.190. The maximum absolute atomic E-state index is 12.4. The molecular formula is C21H19N3O2S2. The third-order valence-electron chi connectivity index (χ3n) is 4.47. The number of amides is 2. The Kier molecular flexibility index (Phi) is 5.45. The highest BCUT2D eigenvalue weighted by atomic mass is 32.2. The van der Waals surface area contributed by atoms with E-state index in [1.54, 1.807) is 4.90 Å². The van der Waals surface area contributed by atoms with Crippen molar-refractivity contribution in [3.05, 3.63) is 59.5 Å². The zero-order chi connectivity index (χ0) is 19.5. The maximum Gasteiger partial charge on any atom is 0.237 e. The Hall–Kier alpha value is -2.64. The lowest BCUT2D eigenvalue weighted by atomic mass is 10.1. The number of anilines is 2. The number of benzene rings is 2. The Bertz CT molecular complexity index is 1010. The highest BCUT2D eigenvalue weighted by molar-refractivity contribution is 8.00. The first-order valence-corrected chi connectivity index (χ1v) is 10.8. The average molecular weight is 410 g/mol. The van der Waals surface area contributed by atoms with E-state index in [2.05, 4.69) is 10.3 Å². The number of aryl methyl sites for hydroxylation is 1. The Morgan fingerprint density at radius 1 is 1.18 bits per heavy atom. The van der Waals surface area contributed by atoms with Crippen molar-refractivity contribution >= 4 is 45.7 Å². The van der Waals surface area contributed by atoms with Gasteiger partial charge in [0.1, 0.15) is 0 Å². The Balaban J connectivity index is 1.38. The number of thioether (sulfide) groups is 1. The average Bonchev–Trinajstić information content (AvgIpc) is 3.16. The molecule has 1 aromatic heterocycles. The van der Waals surface area contributed by atoms with Gasteiger partial charge in [0, 0.05) is 28.8 Å². The molecule has 1 N–H and O–H groups in total. The Morgan fingerprint density at radius 2 is 1.96 bits per heavy atom. The number of carbonyl (C=O) groups is 2. The molecule has 0 spiro atoms. The molecule has 2 aromatic carbocycles. The number of rotatable bonds is 5. The normalized spacial score (nSPS) is 13.3. The van der Waals surface area contributed by atoms with Gasteiger partial charge < -0.3 is 10.2 Å². The molecule has 0 unspecified atom stereocenters. The van der Waals surface area contributed by atoms with Gasteiger partial charge in [-0.15, -0.1) is 23.1 Å². The van der Waals surface area contributed by atoms with Gasteiger partial charge in [-0.2, -0.15) is 0 Å². The van der Waals surface area contributed by atoms with Gasteiger partial charge >= 0.3 is 0 Å². The van der Waals surface area contributed by atoms with Crippen LogP contribution in [0.15, 0.2) is 58.8 Å². The van der Waals surface area contributed by atoms with E-state index < -0.39 is 0 Å². The van der Waals surface area contributed by atoms with Crippen LogP contribution in [0.5, 0.6) is 0 Å². The number of fused-ring (bicyclic) bond motifs is 1. The summed E-state index contributed by atoms with van der Waals surface area (Å²) in [5.74, 6) is 0.297. The molecule has 0 saturated heterocycles. The summed E-state index contributed by atoms with van der Waals surface area (Å²) in [6.07, 6.45) is 0.226. The summed E-state index contributed by atoms with van der Waals surface area (Å²) in [5, 5.41) is 5.35. The Morgan fingerprint density at radius 3 is 2.79 bits per heavy atom. The van der Waals surface area contributed by atoms with Crippen LogP contribution in [-0.2, 0) is 9.59 Å². The van der Waals surface area contributed by atoms with Crippen LogP contribution in [0.4, 0.5) is 10.8 Å². The minimum atomic E-state index is -0.145. The summed E-state index contributed by atoms with van der Waals surface area (Å²) < 4.78 is 0. The minimum Gasteiger partial charge on any atom is -0.310 e. The number of carbonyl (C=O) groups excluding carboxylic acids is 2. The molecule has 0 bridgehead atoms. The summed E-state index contributed by atoms with van der Waals surface area (Å²) in [5.41, 5.74) is 3.94. The molecule has 28 heavy (non-hydrogen) atoms. The minimum absolute atomic E-state index is 0.0346. The lowest BCUT2D eigenvalue weighted by molar-refractivity contribution is -0.117. The molecule has 2 amide bonds. The predicted molar refractivity (Wildman–Crippen MR) is 115 cm³/mol. The molecule has 0 fully saturated rings. The Labute approximate surface area is 171 Å². The number of hydrogen-bond acceptors (Lipinski definition) is 5. The van der Waals surface area contributed by atoms with E-state index >= 15 is 0 Å². The standard InChI is InChI=1S/C21H19N3O2S2/c1-14-6-8-15(9-7-14)16-12-28-21(22-16)23-19(25)10-11-24-17-4-2-3-5-18(17)27-13-20(24)26/h2-9,12H,10-11,13H2,1H3,(H,22,23,25). The predicted octanol–water partition coefficient (Wildman–Crippen LogP) is 4.59. The van der Waals surface area contributed by atoms with Crippen molar-refractivity contribution in [2.45, 2.75) is 18.2 Å². The van der Waals surface area contributed by atoms with Crippen molar-refractivity contribution in [3.63, 3.8) is 0 Å². The summed E-state index contributed by atoms with van der Waals surface area (Å²) in [6.45, 7) is 2.40. The van der Waals surface area contributed by atoms with Crippen LogP contribution >= 0.6 is 23.1 Å². The van der Waals surface area contributed by atoms with Gasteiger partial charge in [0.15, 0.2) is 5.13 Å². The van der Waals surface area contributed by atoms with Gasteiger partial charge in [0.2, 0.25) is 11.8 Å². The first kappa shape index (κ1) is 18.7. The summed E-state index contributed by atoms with van der Waals surface area (Å²) >= 11 is 2.94. The number of thiazole rings is 1. The second-order valence-corrected chi connectivity index (χ2v) is 8.38. The maximum atomic E-state index is 12.4. The lowest BCUT2D eigenvalue weighted by Gasteiger charge is -2.28. The number of para-hydroxylation sites is 1. The van der Waals surface area contributed by atoms with Crippen molar-refractivity contribution in [1.82, 2.24) is 4.98 Å². The second kappa shape index (κ2) is 8.16. The number of nitrogens with zero attached hydrogens (tertiary/aromatic N) is 2. The van der Waals surface area contributed by atoms with Crippen LogP contribution in [0.3, 0.4) is 0 Å². The van der Waals surface area contributed by atoms with Crippen molar-refractivity contribution in [2.24, 2.45) is 0 Å². The molecule has 4 rings (SSSR count).